The van der Waals surface area contributed by atoms with Gasteiger partial charge >= 0.3 is 0 Å². The van der Waals surface area contributed by atoms with E-state index in [1.807, 2.05) is 20.8 Å². The van der Waals surface area contributed by atoms with Gasteiger partial charge in [0.05, 0.1) is 19.3 Å². The molecule has 0 aromatic heterocycles. The van der Waals surface area contributed by atoms with Crippen molar-refractivity contribution < 1.29 is 39.1 Å². The number of amides is 1. The van der Waals surface area contributed by atoms with Crippen molar-refractivity contribution in [1.82, 2.24) is 5.32 Å². The lowest BCUT2D eigenvalue weighted by molar-refractivity contribution is -0.302. The third-order valence-electron chi connectivity index (χ3n) is 6.06. The van der Waals surface area contributed by atoms with Crippen LogP contribution in [0.25, 0.3) is 0 Å². The maximum absolute atomic E-state index is 15.3. The van der Waals surface area contributed by atoms with Gasteiger partial charge in [0.25, 0.3) is 5.91 Å². The molecule has 1 amide bonds. The zero-order valence-corrected chi connectivity index (χ0v) is 28.5. The van der Waals surface area contributed by atoms with Crippen LogP contribution in [-0.2, 0) is 14.3 Å². The standard InChI is InChI=1S/C42H34FNO7/c1-5-6-7-8-9-10-11-12-13-14-15-16-17-18-19-20-21-22-23-24-25-26-27-30-37(46)44-35(34(43)29-28-31-42(2,3)4)33-50-41-40(49)39(48)38(47)36(32-45)51-41/h34-36,38-41,45,47-49H,28-29,31-33H2,1-4H3,(H,44,46)/t34-,35+,36?,38+,39+,40?,41+/m1/s1. The van der Waals surface area contributed by atoms with Gasteiger partial charge in [0.1, 0.15) is 30.6 Å². The van der Waals surface area contributed by atoms with Crippen molar-refractivity contribution in [3.05, 3.63) is 0 Å². The summed E-state index contributed by atoms with van der Waals surface area (Å²) in [4.78, 5) is 12.4. The molecule has 0 saturated carbocycles. The lowest BCUT2D eigenvalue weighted by Crippen LogP contribution is -2.59. The Kier molecular flexibility index (Phi) is 21.7. The van der Waals surface area contributed by atoms with Gasteiger partial charge in [-0.15, -0.1) is 0 Å². The summed E-state index contributed by atoms with van der Waals surface area (Å²) in [5.41, 5.74) is -0.0204. The molecule has 1 heterocycles. The number of aliphatic hydroxyl groups is 4. The largest absolute Gasteiger partial charge is 0.394 e. The number of nitrogens with one attached hydrogen (secondary N) is 1. The zero-order valence-electron chi connectivity index (χ0n) is 28.5. The molecule has 0 bridgehead atoms. The second-order valence-corrected chi connectivity index (χ2v) is 11.2. The van der Waals surface area contributed by atoms with Crippen LogP contribution >= 0.6 is 0 Å². The Morgan fingerprint density at radius 1 is 0.725 bits per heavy atom. The number of halogens is 1. The quantitative estimate of drug-likeness (QED) is 0.215. The number of hydrogen-bond acceptors (Lipinski definition) is 7. The zero-order chi connectivity index (χ0) is 37.7. The van der Waals surface area contributed by atoms with E-state index in [9.17, 15) is 25.2 Å². The molecule has 1 rings (SSSR count). The van der Waals surface area contributed by atoms with Gasteiger partial charge in [-0.25, -0.2) is 4.39 Å². The summed E-state index contributed by atoms with van der Waals surface area (Å²) in [5.74, 6) is 58.2. The first-order chi connectivity index (χ1) is 24.5. The predicted molar refractivity (Wildman–Crippen MR) is 189 cm³/mol. The Labute approximate surface area is 300 Å². The highest BCUT2D eigenvalue weighted by atomic mass is 19.1. The molecule has 0 spiro atoms. The van der Waals surface area contributed by atoms with Crippen LogP contribution in [0.4, 0.5) is 4.39 Å². The minimum absolute atomic E-state index is 0.0204. The van der Waals surface area contributed by atoms with E-state index in [1.54, 1.807) is 6.92 Å². The molecule has 1 aliphatic heterocycles. The molecule has 256 valence electrons. The van der Waals surface area contributed by atoms with Crippen molar-refractivity contribution in [3.8, 4) is 142 Å². The van der Waals surface area contributed by atoms with Gasteiger partial charge in [-0.05, 0) is 126 Å². The van der Waals surface area contributed by atoms with E-state index in [0.29, 0.717) is 6.42 Å². The normalized spacial score (nSPS) is 18.5. The number of alkyl halides is 1. The molecular formula is C42H34FNO7. The van der Waals surface area contributed by atoms with Crippen LogP contribution in [0.15, 0.2) is 0 Å². The summed E-state index contributed by atoms with van der Waals surface area (Å²) in [6.45, 7) is 6.64. The van der Waals surface area contributed by atoms with Crippen LogP contribution in [0.5, 0.6) is 0 Å². The van der Waals surface area contributed by atoms with Gasteiger partial charge in [0.2, 0.25) is 0 Å². The molecule has 2 unspecified atom stereocenters. The first kappa shape index (κ1) is 42.9. The molecule has 1 aliphatic rings. The molecule has 0 aromatic rings. The highest BCUT2D eigenvalue weighted by Gasteiger charge is 2.44. The molecule has 1 saturated heterocycles. The molecule has 0 aliphatic carbocycles. The van der Waals surface area contributed by atoms with Crippen molar-refractivity contribution in [1.29, 1.82) is 0 Å². The number of hydrogen-bond donors (Lipinski definition) is 5. The molecule has 9 heteroatoms. The molecule has 7 atom stereocenters. The van der Waals surface area contributed by atoms with E-state index in [0.717, 1.165) is 6.42 Å². The van der Waals surface area contributed by atoms with E-state index in [-0.39, 0.29) is 11.8 Å². The molecular weight excluding hydrogens is 649 g/mol. The maximum Gasteiger partial charge on any atom is 0.297 e. The maximum atomic E-state index is 15.3. The van der Waals surface area contributed by atoms with Crippen molar-refractivity contribution in [3.63, 3.8) is 0 Å². The van der Waals surface area contributed by atoms with Gasteiger partial charge in [-0.3, -0.25) is 4.79 Å². The van der Waals surface area contributed by atoms with E-state index in [4.69, 9.17) is 9.47 Å². The van der Waals surface area contributed by atoms with Gasteiger partial charge in [-0.2, -0.15) is 0 Å². The minimum atomic E-state index is -1.68. The molecule has 0 aromatic carbocycles. The van der Waals surface area contributed by atoms with Crippen LogP contribution in [0, 0.1) is 148 Å². The van der Waals surface area contributed by atoms with Crippen molar-refractivity contribution >= 4 is 5.91 Å². The Balaban J connectivity index is 2.73. The van der Waals surface area contributed by atoms with Gasteiger partial charge < -0.3 is 35.2 Å². The number of aliphatic hydroxyl groups excluding tert-OH is 4. The number of carbonyl (C=O) groups excluding carboxylic acids is 1. The Bertz CT molecular complexity index is 2010. The number of rotatable bonds is 9. The monoisotopic (exact) mass is 683 g/mol. The average Bonchev–Trinajstić information content (AvgIpc) is 3.09. The van der Waals surface area contributed by atoms with E-state index in [1.165, 1.54) is 0 Å². The van der Waals surface area contributed by atoms with Crippen LogP contribution < -0.4 is 5.32 Å². The summed E-state index contributed by atoms with van der Waals surface area (Å²) in [5, 5.41) is 42.0. The van der Waals surface area contributed by atoms with Crippen molar-refractivity contribution in [2.75, 3.05) is 13.2 Å². The van der Waals surface area contributed by atoms with Crippen LogP contribution in [0.1, 0.15) is 47.0 Å². The van der Waals surface area contributed by atoms with Crippen LogP contribution in [0.2, 0.25) is 0 Å². The third kappa shape index (κ3) is 20.8. The minimum Gasteiger partial charge on any atom is -0.394 e. The highest BCUT2D eigenvalue weighted by Crippen LogP contribution is 2.25. The van der Waals surface area contributed by atoms with Crippen molar-refractivity contribution in [2.24, 2.45) is 5.41 Å². The average molecular weight is 684 g/mol. The Hall–Kier alpha value is -6.12. The third-order valence-corrected chi connectivity index (χ3v) is 6.06. The summed E-state index contributed by atoms with van der Waals surface area (Å²) in [6.07, 6.45) is -7.81. The van der Waals surface area contributed by atoms with Gasteiger partial charge in [0, 0.05) is 41.4 Å². The lowest BCUT2D eigenvalue weighted by atomic mass is 9.89. The van der Waals surface area contributed by atoms with E-state index in [2.05, 4.69) is 147 Å². The fraction of sp³-hybridized carbons (Fsp3) is 0.405. The van der Waals surface area contributed by atoms with Gasteiger partial charge in [0.15, 0.2) is 6.29 Å². The highest BCUT2D eigenvalue weighted by molar-refractivity contribution is 5.94. The van der Waals surface area contributed by atoms with Crippen molar-refractivity contribution in [2.45, 2.75) is 89.9 Å². The van der Waals surface area contributed by atoms with E-state index >= 15 is 4.39 Å². The summed E-state index contributed by atoms with van der Waals surface area (Å²) < 4.78 is 26.0. The molecule has 0 radical (unpaired) electrons. The number of carbonyl (C=O) groups is 1. The smallest absolute Gasteiger partial charge is 0.297 e. The van der Waals surface area contributed by atoms with Crippen LogP contribution in [0.3, 0.4) is 0 Å². The summed E-state index contributed by atoms with van der Waals surface area (Å²) in [7, 11) is 0. The topological polar surface area (TPSA) is 128 Å². The fourth-order valence-corrected chi connectivity index (χ4v) is 3.65. The summed E-state index contributed by atoms with van der Waals surface area (Å²) in [6, 6.07) is -1.20. The second kappa shape index (κ2) is 25.8. The summed E-state index contributed by atoms with van der Waals surface area (Å²) >= 11 is 0. The fourth-order valence-electron chi connectivity index (χ4n) is 3.65. The number of ether oxygens (including phenoxy) is 2. The molecule has 8 nitrogen and oxygen atoms in total. The first-order valence-electron chi connectivity index (χ1n) is 15.3. The van der Waals surface area contributed by atoms with E-state index < -0.39 is 62.0 Å². The predicted octanol–water partition coefficient (Wildman–Crippen LogP) is -0.0971. The first-order valence-corrected chi connectivity index (χ1v) is 15.3. The Morgan fingerprint density at radius 2 is 1.16 bits per heavy atom. The molecule has 51 heavy (non-hydrogen) atoms. The second-order valence-electron chi connectivity index (χ2n) is 11.2. The van der Waals surface area contributed by atoms with Crippen LogP contribution in [-0.4, -0.2) is 82.5 Å². The van der Waals surface area contributed by atoms with Gasteiger partial charge in [-0.1, -0.05) is 26.7 Å². The molecule has 5 N–H and O–H groups in total. The lowest BCUT2D eigenvalue weighted by Gasteiger charge is -2.40. The molecule has 1 fully saturated rings. The SMILES string of the molecule is CC#CC#CC#CC#CC#CC#CC#CC#CC#CC#CC#CC#CC(=O)N[C@@H](CO[C@H]1OC(CO)[C@H](O)[C@H](O)C1O)[C@H](F)CCCC(C)(C)C. The Morgan fingerprint density at radius 3 is 1.57 bits per heavy atom.